The third-order valence-electron chi connectivity index (χ3n) is 2.95. The highest BCUT2D eigenvalue weighted by atomic mass is 35.5. The summed E-state index contributed by atoms with van der Waals surface area (Å²) >= 11 is 5.54. The number of anilines is 2. The fraction of sp³-hybridized carbons (Fsp3) is 0.583. The third kappa shape index (κ3) is 6.80. The van der Waals surface area contributed by atoms with E-state index in [1.807, 2.05) is 0 Å². The number of ether oxygens (including phenoxy) is 1. The van der Waals surface area contributed by atoms with Gasteiger partial charge in [0.05, 0.1) is 31.8 Å². The molecule has 2 N–H and O–H groups in total. The Kier molecular flexibility index (Phi) is 6.68. The van der Waals surface area contributed by atoms with Crippen LogP contribution in [0, 0.1) is 0 Å². The first kappa shape index (κ1) is 21.1. The van der Waals surface area contributed by atoms with E-state index >= 15 is 0 Å². The van der Waals surface area contributed by atoms with E-state index in [4.69, 9.17) is 17.3 Å². The minimum absolute atomic E-state index is 0.345. The van der Waals surface area contributed by atoms with Crippen LogP contribution in [0.25, 0.3) is 0 Å². The minimum atomic E-state index is -4.86. The van der Waals surface area contributed by atoms with Crippen molar-refractivity contribution in [2.45, 2.75) is 31.2 Å². The van der Waals surface area contributed by atoms with Gasteiger partial charge >= 0.3 is 18.3 Å². The van der Waals surface area contributed by atoms with Crippen LogP contribution < -0.4 is 10.6 Å². The summed E-state index contributed by atoms with van der Waals surface area (Å²) in [5.41, 5.74) is 5.19. The molecular weight excluding hydrogens is 382 g/mol. The van der Waals surface area contributed by atoms with Crippen LogP contribution in [-0.4, -0.2) is 48.0 Å². The molecule has 0 radical (unpaired) electrons. The molecule has 25 heavy (non-hydrogen) atoms. The van der Waals surface area contributed by atoms with Gasteiger partial charge in [-0.1, -0.05) is 0 Å². The molecule has 0 amide bonds. The molecule has 0 fully saturated rings. The second-order valence-electron chi connectivity index (χ2n) is 4.83. The van der Waals surface area contributed by atoms with E-state index in [1.165, 1.54) is 0 Å². The molecule has 1 unspecified atom stereocenters. The van der Waals surface area contributed by atoms with Crippen LogP contribution in [0.15, 0.2) is 6.20 Å². The molecule has 6 nitrogen and oxygen atoms in total. The summed E-state index contributed by atoms with van der Waals surface area (Å²) in [6.45, 7) is -1.02. The number of nitrogen functional groups attached to an aromatic ring is 1. The minimum Gasteiger partial charge on any atom is -0.467 e. The number of nitrogens with zero attached hydrogens (tertiary/aromatic N) is 3. The van der Waals surface area contributed by atoms with Crippen molar-refractivity contribution in [2.24, 2.45) is 0 Å². The first-order valence-corrected chi connectivity index (χ1v) is 6.98. The Hall–Kier alpha value is -1.98. The summed E-state index contributed by atoms with van der Waals surface area (Å²) in [6, 6.07) is -2.12. The summed E-state index contributed by atoms with van der Waals surface area (Å²) < 4.78 is 80.3. The van der Waals surface area contributed by atoms with E-state index in [9.17, 15) is 31.1 Å². The van der Waals surface area contributed by atoms with E-state index in [0.29, 0.717) is 4.90 Å². The van der Waals surface area contributed by atoms with E-state index in [2.05, 4.69) is 14.7 Å². The summed E-state index contributed by atoms with van der Waals surface area (Å²) in [4.78, 5) is 19.3. The van der Waals surface area contributed by atoms with Gasteiger partial charge < -0.3 is 15.4 Å². The van der Waals surface area contributed by atoms with E-state index in [1.54, 1.807) is 0 Å². The number of halogens is 7. The van der Waals surface area contributed by atoms with Gasteiger partial charge in [-0.3, -0.25) is 0 Å². The first-order valence-electron chi connectivity index (χ1n) is 6.60. The molecule has 0 saturated carbocycles. The van der Waals surface area contributed by atoms with Crippen LogP contribution in [0.4, 0.5) is 37.8 Å². The predicted octanol–water partition coefficient (Wildman–Crippen LogP) is 2.97. The maximum atomic E-state index is 12.8. The van der Waals surface area contributed by atoms with Gasteiger partial charge in [0, 0.05) is 6.54 Å². The van der Waals surface area contributed by atoms with Crippen LogP contribution >= 0.6 is 11.6 Å². The maximum absolute atomic E-state index is 12.8. The molecule has 0 aliphatic rings. The Balaban J connectivity index is 3.34. The van der Waals surface area contributed by atoms with Gasteiger partial charge in [-0.25, -0.2) is 9.78 Å². The summed E-state index contributed by atoms with van der Waals surface area (Å²) in [6.07, 6.45) is -11.9. The molecule has 0 aromatic carbocycles. The van der Waals surface area contributed by atoms with Gasteiger partial charge in [-0.2, -0.15) is 31.3 Å². The fourth-order valence-electron chi connectivity index (χ4n) is 1.92. The number of esters is 1. The zero-order chi connectivity index (χ0) is 19.4. The van der Waals surface area contributed by atoms with Crippen molar-refractivity contribution < 1.29 is 35.9 Å². The van der Waals surface area contributed by atoms with Crippen molar-refractivity contribution in [3.63, 3.8) is 0 Å². The monoisotopic (exact) mass is 394 g/mol. The Morgan fingerprint density at radius 3 is 2.40 bits per heavy atom. The zero-order valence-electron chi connectivity index (χ0n) is 12.7. The molecule has 1 heterocycles. The lowest BCUT2D eigenvalue weighted by molar-refractivity contribution is -0.159. The number of carbonyl (C=O) groups is 1. The van der Waals surface area contributed by atoms with E-state index in [0.717, 1.165) is 13.3 Å². The molecule has 0 aliphatic carbocycles. The summed E-state index contributed by atoms with van der Waals surface area (Å²) in [5, 5.41) is -0.461. The van der Waals surface area contributed by atoms with Gasteiger partial charge in [0.25, 0.3) is 0 Å². The molecule has 1 aromatic heterocycles. The summed E-state index contributed by atoms with van der Waals surface area (Å²) in [5.74, 6) is -1.92. The molecule has 0 bridgehead atoms. The number of hydrogen-bond donors (Lipinski definition) is 1. The van der Waals surface area contributed by atoms with Crippen molar-refractivity contribution in [3.05, 3.63) is 11.5 Å². The van der Waals surface area contributed by atoms with Crippen molar-refractivity contribution >= 4 is 29.1 Å². The van der Waals surface area contributed by atoms with Crippen LogP contribution in [0.2, 0.25) is 5.28 Å². The Morgan fingerprint density at radius 2 is 1.92 bits per heavy atom. The van der Waals surface area contributed by atoms with Crippen molar-refractivity contribution in [1.82, 2.24) is 9.97 Å². The predicted molar refractivity (Wildman–Crippen MR) is 75.9 cm³/mol. The largest absolute Gasteiger partial charge is 0.467 e. The SMILES string of the molecule is COC(=O)C(CC(F)(F)F)N(CCC(F)(F)F)c1nc(Cl)ncc1N. The third-order valence-corrected chi connectivity index (χ3v) is 3.13. The smallest absolute Gasteiger partial charge is 0.391 e. The first-order chi connectivity index (χ1) is 11.3. The van der Waals surface area contributed by atoms with E-state index in [-0.39, 0.29) is 5.69 Å². The second kappa shape index (κ2) is 7.93. The molecule has 13 heteroatoms. The summed E-state index contributed by atoms with van der Waals surface area (Å²) in [7, 11) is 0.809. The Bertz CT molecular complexity index is 610. The highest BCUT2D eigenvalue weighted by Gasteiger charge is 2.41. The van der Waals surface area contributed by atoms with Crippen LogP contribution in [0.5, 0.6) is 0 Å². The lowest BCUT2D eigenvalue weighted by Crippen LogP contribution is -2.47. The maximum Gasteiger partial charge on any atom is 0.391 e. The van der Waals surface area contributed by atoms with Gasteiger partial charge in [-0.15, -0.1) is 0 Å². The molecule has 0 saturated heterocycles. The van der Waals surface area contributed by atoms with Gasteiger partial charge in [0.1, 0.15) is 6.04 Å². The Labute approximate surface area is 142 Å². The van der Waals surface area contributed by atoms with Crippen molar-refractivity contribution in [2.75, 3.05) is 24.3 Å². The number of methoxy groups -OCH3 is 1. The van der Waals surface area contributed by atoms with E-state index < -0.39 is 54.9 Å². The molecular formula is C12H13ClF6N4O2. The van der Waals surface area contributed by atoms with Crippen molar-refractivity contribution in [1.29, 1.82) is 0 Å². The van der Waals surface area contributed by atoms with Crippen molar-refractivity contribution in [3.8, 4) is 0 Å². The second-order valence-corrected chi connectivity index (χ2v) is 5.17. The van der Waals surface area contributed by atoms with Crippen LogP contribution in [-0.2, 0) is 9.53 Å². The van der Waals surface area contributed by atoms with Gasteiger partial charge in [0.2, 0.25) is 5.28 Å². The van der Waals surface area contributed by atoms with Gasteiger partial charge in [0.15, 0.2) is 5.82 Å². The average Bonchev–Trinajstić information content (AvgIpc) is 2.46. The lowest BCUT2D eigenvalue weighted by atomic mass is 10.1. The van der Waals surface area contributed by atoms with Crippen LogP contribution in [0.3, 0.4) is 0 Å². The fourth-order valence-corrected chi connectivity index (χ4v) is 2.05. The molecule has 0 spiro atoms. The molecule has 1 atom stereocenters. The number of nitrogens with two attached hydrogens (primary N) is 1. The number of hydrogen-bond acceptors (Lipinski definition) is 6. The molecule has 0 aliphatic heterocycles. The highest BCUT2D eigenvalue weighted by molar-refractivity contribution is 6.28. The number of carbonyl (C=O) groups excluding carboxylic acids is 1. The normalized spacial score (nSPS) is 13.4. The number of rotatable bonds is 6. The average molecular weight is 395 g/mol. The standard InChI is InChI=1S/C12H13ClF6N4O2/c1-25-9(24)7(4-12(17,18)19)23(3-2-11(14,15)16)8-6(20)5-21-10(13)22-8/h5,7H,2-4,20H2,1H3. The number of aromatic nitrogens is 2. The Morgan fingerprint density at radius 1 is 1.32 bits per heavy atom. The molecule has 1 rings (SSSR count). The quantitative estimate of drug-likeness (QED) is 0.454. The molecule has 1 aromatic rings. The topological polar surface area (TPSA) is 81.3 Å². The highest BCUT2D eigenvalue weighted by Crippen LogP contribution is 2.32. The number of alkyl halides is 6. The van der Waals surface area contributed by atoms with Crippen LogP contribution in [0.1, 0.15) is 12.8 Å². The van der Waals surface area contributed by atoms with Gasteiger partial charge in [-0.05, 0) is 11.6 Å². The molecule has 142 valence electrons. The lowest BCUT2D eigenvalue weighted by Gasteiger charge is -2.32. The zero-order valence-corrected chi connectivity index (χ0v) is 13.4.